The molecule has 2 aromatic rings. The van der Waals surface area contributed by atoms with Gasteiger partial charge in [-0.15, -0.1) is 10.2 Å². The van der Waals surface area contributed by atoms with Crippen LogP contribution < -0.4 is 5.32 Å². The number of carbonyl (C=O) groups is 1. The maximum absolute atomic E-state index is 12.1. The average Bonchev–Trinajstić information content (AvgIpc) is 3.20. The molecule has 1 aliphatic heterocycles. The van der Waals surface area contributed by atoms with E-state index in [-0.39, 0.29) is 5.91 Å². The lowest BCUT2D eigenvalue weighted by atomic mass is 9.94. The number of rotatable bonds is 6. The van der Waals surface area contributed by atoms with Gasteiger partial charge in [-0.2, -0.15) is 5.10 Å². The van der Waals surface area contributed by atoms with E-state index in [1.54, 1.807) is 18.0 Å². The number of carbonyl (C=O) groups excluding carboxylic acids is 1. The molecule has 124 valence electrons. The number of amides is 1. The fourth-order valence-electron chi connectivity index (χ4n) is 2.70. The second kappa shape index (κ2) is 7.89. The summed E-state index contributed by atoms with van der Waals surface area (Å²) in [6, 6.07) is 2.04. The van der Waals surface area contributed by atoms with E-state index in [9.17, 15) is 4.79 Å². The second-order valence-corrected chi connectivity index (χ2v) is 7.91. The van der Waals surface area contributed by atoms with Gasteiger partial charge in [-0.05, 0) is 37.8 Å². The molecule has 0 unspecified atom stereocenters. The quantitative estimate of drug-likeness (QED) is 0.612. The van der Waals surface area contributed by atoms with Gasteiger partial charge in [0.05, 0.1) is 6.54 Å². The van der Waals surface area contributed by atoms with Crippen LogP contribution in [0.4, 0.5) is 5.13 Å². The highest BCUT2D eigenvalue weighted by molar-refractivity contribution is 8.01. The topological polar surface area (TPSA) is 86.8 Å². The van der Waals surface area contributed by atoms with Crippen molar-refractivity contribution in [1.82, 2.24) is 25.3 Å². The third-order valence-electron chi connectivity index (χ3n) is 3.84. The molecule has 9 heteroatoms. The van der Waals surface area contributed by atoms with Crippen LogP contribution >= 0.6 is 23.1 Å². The number of nitrogens with zero attached hydrogens (tertiary/aromatic N) is 4. The Morgan fingerprint density at radius 1 is 1.48 bits per heavy atom. The zero-order valence-electron chi connectivity index (χ0n) is 13.0. The minimum absolute atomic E-state index is 0.0193. The molecular formula is C14H20N6OS2. The second-order valence-electron chi connectivity index (χ2n) is 5.42. The Morgan fingerprint density at radius 2 is 2.30 bits per heavy atom. The number of thioether (sulfide) groups is 1. The van der Waals surface area contributed by atoms with Crippen LogP contribution in [0.15, 0.2) is 16.6 Å². The first-order chi connectivity index (χ1) is 11.2. The predicted octanol–water partition coefficient (Wildman–Crippen LogP) is 2.19. The first-order valence-corrected chi connectivity index (χ1v) is 9.52. The lowest BCUT2D eigenvalue weighted by molar-refractivity contribution is -0.117. The van der Waals surface area contributed by atoms with Gasteiger partial charge < -0.3 is 0 Å². The molecule has 23 heavy (non-hydrogen) atoms. The third kappa shape index (κ3) is 4.52. The number of aromatic nitrogens is 4. The zero-order valence-corrected chi connectivity index (χ0v) is 14.6. The maximum Gasteiger partial charge on any atom is 0.240 e. The summed E-state index contributed by atoms with van der Waals surface area (Å²) in [5.41, 5.74) is 1.20. The van der Waals surface area contributed by atoms with E-state index in [0.29, 0.717) is 17.6 Å². The number of likely N-dealkylation sites (tertiary alicyclic amines) is 1. The van der Waals surface area contributed by atoms with Gasteiger partial charge >= 0.3 is 0 Å². The van der Waals surface area contributed by atoms with Crippen molar-refractivity contribution in [1.29, 1.82) is 0 Å². The van der Waals surface area contributed by atoms with Crippen LogP contribution in [-0.2, 0) is 4.79 Å². The Balaban J connectivity index is 1.43. The molecule has 1 fully saturated rings. The van der Waals surface area contributed by atoms with Crippen molar-refractivity contribution in [2.75, 3.05) is 30.7 Å². The number of hydrogen-bond acceptors (Lipinski definition) is 7. The molecule has 0 aromatic carbocycles. The van der Waals surface area contributed by atoms with Gasteiger partial charge in [-0.3, -0.25) is 20.1 Å². The number of nitrogens with one attached hydrogen (secondary N) is 2. The minimum atomic E-state index is -0.0193. The van der Waals surface area contributed by atoms with Crippen LogP contribution in [-0.4, -0.2) is 56.6 Å². The van der Waals surface area contributed by atoms with E-state index < -0.39 is 0 Å². The molecule has 2 aromatic heterocycles. The predicted molar refractivity (Wildman–Crippen MR) is 91.9 cm³/mol. The smallest absolute Gasteiger partial charge is 0.240 e. The van der Waals surface area contributed by atoms with Crippen LogP contribution in [0.3, 0.4) is 0 Å². The molecule has 1 amide bonds. The highest BCUT2D eigenvalue weighted by Gasteiger charge is 2.23. The van der Waals surface area contributed by atoms with Gasteiger partial charge in [0.2, 0.25) is 11.0 Å². The lowest BCUT2D eigenvalue weighted by Crippen LogP contribution is -2.38. The Bertz CT molecular complexity index is 621. The summed E-state index contributed by atoms with van der Waals surface area (Å²) in [7, 11) is 0. The molecule has 0 atom stereocenters. The maximum atomic E-state index is 12.1. The van der Waals surface area contributed by atoms with E-state index in [1.165, 1.54) is 17.0 Å². The van der Waals surface area contributed by atoms with E-state index in [2.05, 4.69) is 37.5 Å². The van der Waals surface area contributed by atoms with Crippen molar-refractivity contribution >= 4 is 34.1 Å². The number of anilines is 1. The van der Waals surface area contributed by atoms with Crippen molar-refractivity contribution in [3.8, 4) is 0 Å². The summed E-state index contributed by atoms with van der Waals surface area (Å²) in [4.78, 5) is 14.3. The zero-order chi connectivity index (χ0) is 16.1. The van der Waals surface area contributed by atoms with Gasteiger partial charge in [-0.25, -0.2) is 0 Å². The molecule has 0 spiro atoms. The van der Waals surface area contributed by atoms with Gasteiger partial charge in [0, 0.05) is 17.8 Å². The van der Waals surface area contributed by atoms with Crippen molar-refractivity contribution in [2.45, 2.75) is 30.0 Å². The summed E-state index contributed by atoms with van der Waals surface area (Å²) in [6.45, 7) is 4.32. The molecule has 2 N–H and O–H groups in total. The molecule has 0 radical (unpaired) electrons. The summed E-state index contributed by atoms with van der Waals surface area (Å²) in [5.74, 6) is 1.45. The first kappa shape index (κ1) is 16.4. The number of aromatic amines is 1. The third-order valence-corrected chi connectivity index (χ3v) is 5.69. The first-order valence-electron chi connectivity index (χ1n) is 7.72. The van der Waals surface area contributed by atoms with Gasteiger partial charge in [-0.1, -0.05) is 30.0 Å². The van der Waals surface area contributed by atoms with E-state index in [4.69, 9.17) is 0 Å². The van der Waals surface area contributed by atoms with Crippen LogP contribution in [0.2, 0.25) is 0 Å². The molecule has 0 aliphatic carbocycles. The number of piperidine rings is 1. The van der Waals surface area contributed by atoms with E-state index in [1.807, 2.05) is 6.07 Å². The van der Waals surface area contributed by atoms with Crippen LogP contribution in [0.5, 0.6) is 0 Å². The summed E-state index contributed by atoms with van der Waals surface area (Å²) >= 11 is 3.06. The summed E-state index contributed by atoms with van der Waals surface area (Å²) in [6.07, 6.45) is 3.89. The Morgan fingerprint density at radius 3 is 3.00 bits per heavy atom. The van der Waals surface area contributed by atoms with Crippen LogP contribution in [0, 0.1) is 0 Å². The van der Waals surface area contributed by atoms with E-state index >= 15 is 0 Å². The molecular weight excluding hydrogens is 332 g/mol. The highest BCUT2D eigenvalue weighted by Crippen LogP contribution is 2.27. The van der Waals surface area contributed by atoms with Crippen molar-refractivity contribution in [2.24, 2.45) is 0 Å². The molecule has 1 saturated heterocycles. The van der Waals surface area contributed by atoms with Crippen LogP contribution in [0.1, 0.15) is 31.4 Å². The lowest BCUT2D eigenvalue weighted by Gasteiger charge is -2.30. The van der Waals surface area contributed by atoms with E-state index in [0.717, 1.165) is 36.0 Å². The number of H-pyrrole nitrogens is 1. The summed E-state index contributed by atoms with van der Waals surface area (Å²) in [5, 5.41) is 18.5. The largest absolute Gasteiger partial charge is 0.299 e. The molecule has 0 saturated carbocycles. The molecule has 3 rings (SSSR count). The summed E-state index contributed by atoms with van der Waals surface area (Å²) < 4.78 is 0.892. The average molecular weight is 352 g/mol. The molecule has 1 aliphatic rings. The van der Waals surface area contributed by atoms with Gasteiger partial charge in [0.15, 0.2) is 4.34 Å². The van der Waals surface area contributed by atoms with Crippen molar-refractivity contribution < 1.29 is 4.79 Å². The van der Waals surface area contributed by atoms with Crippen LogP contribution in [0.25, 0.3) is 0 Å². The molecule has 7 nitrogen and oxygen atoms in total. The minimum Gasteiger partial charge on any atom is -0.299 e. The monoisotopic (exact) mass is 352 g/mol. The number of hydrogen-bond donors (Lipinski definition) is 2. The van der Waals surface area contributed by atoms with Gasteiger partial charge in [0.1, 0.15) is 0 Å². The fraction of sp³-hybridized carbons (Fsp3) is 0.571. The van der Waals surface area contributed by atoms with Gasteiger partial charge in [0.25, 0.3) is 0 Å². The van der Waals surface area contributed by atoms with Crippen molar-refractivity contribution in [3.05, 3.63) is 18.0 Å². The SMILES string of the molecule is CCSc1nnc(NC(=O)CN2CCC(c3ccn[nH]3)CC2)s1. The fourth-order valence-corrected chi connectivity index (χ4v) is 4.37. The Labute approximate surface area is 143 Å². The standard InChI is InChI=1S/C14H20N6OS2/c1-2-22-14-19-18-13(23-14)16-12(21)9-20-7-4-10(5-8-20)11-3-6-15-17-11/h3,6,10H,2,4-5,7-9H2,1H3,(H,15,17)(H,16,18,21). The Kier molecular flexibility index (Phi) is 5.63. The van der Waals surface area contributed by atoms with Crippen molar-refractivity contribution in [3.63, 3.8) is 0 Å². The molecule has 0 bridgehead atoms. The normalized spacial score (nSPS) is 16.6. The highest BCUT2D eigenvalue weighted by atomic mass is 32.2. The Hall–Kier alpha value is -1.45. The molecule has 3 heterocycles.